The van der Waals surface area contributed by atoms with E-state index >= 15 is 0 Å². The van der Waals surface area contributed by atoms with Crippen molar-refractivity contribution in [3.05, 3.63) is 26.6 Å². The van der Waals surface area contributed by atoms with E-state index in [2.05, 4.69) is 4.98 Å². The molecule has 14 heavy (non-hydrogen) atoms. The van der Waals surface area contributed by atoms with Gasteiger partial charge in [0.25, 0.3) is 0 Å². The normalized spacial score (nSPS) is 11.9. The van der Waals surface area contributed by atoms with E-state index in [0.717, 1.165) is 6.07 Å². The van der Waals surface area contributed by atoms with E-state index in [0.29, 0.717) is 14.8 Å². The lowest BCUT2D eigenvalue weighted by atomic mass is 10.2. The molecule has 1 aromatic rings. The monoisotopic (exact) mass is 316 g/mol. The van der Waals surface area contributed by atoms with Crippen LogP contribution in [0.2, 0.25) is 0 Å². The van der Waals surface area contributed by atoms with Crippen LogP contribution in [-0.4, -0.2) is 4.98 Å². The molecule has 0 aromatic carbocycles. The highest BCUT2D eigenvalue weighted by atomic mass is 127. The van der Waals surface area contributed by atoms with Gasteiger partial charge in [-0.3, -0.25) is 0 Å². The number of hydrogen-bond acceptors (Lipinski definition) is 2. The van der Waals surface area contributed by atoms with Crippen LogP contribution in [0.5, 0.6) is 0 Å². The smallest absolute Gasteiger partial charge is 0.326 e. The number of nitrogens with two attached hydrogens (primary N) is 1. The predicted octanol–water partition coefficient (Wildman–Crippen LogP) is 2.47. The van der Waals surface area contributed by atoms with Gasteiger partial charge in [-0.15, -0.1) is 0 Å². The molecule has 0 aliphatic rings. The van der Waals surface area contributed by atoms with E-state index < -0.39 is 11.9 Å². The fraction of sp³-hybridized carbons (Fsp3) is 0.375. The van der Waals surface area contributed by atoms with Crippen LogP contribution < -0.4 is 5.73 Å². The third-order valence-electron chi connectivity index (χ3n) is 1.71. The van der Waals surface area contributed by atoms with E-state index in [-0.39, 0.29) is 6.54 Å². The average Bonchev–Trinajstić information content (AvgIpc) is 2.07. The predicted molar refractivity (Wildman–Crippen MR) is 54.6 cm³/mol. The van der Waals surface area contributed by atoms with E-state index in [1.807, 2.05) is 22.6 Å². The number of aryl methyl sites for hydroxylation is 1. The lowest BCUT2D eigenvalue weighted by Gasteiger charge is -2.10. The molecule has 0 aliphatic heterocycles. The van der Waals surface area contributed by atoms with Crippen molar-refractivity contribution in [1.82, 2.24) is 4.98 Å². The van der Waals surface area contributed by atoms with Crippen LogP contribution in [-0.2, 0) is 12.7 Å². The van der Waals surface area contributed by atoms with Crippen molar-refractivity contribution in [1.29, 1.82) is 0 Å². The molecular weight excluding hydrogens is 308 g/mol. The van der Waals surface area contributed by atoms with Crippen LogP contribution in [0.25, 0.3) is 0 Å². The fourth-order valence-corrected chi connectivity index (χ4v) is 1.51. The zero-order valence-corrected chi connectivity index (χ0v) is 9.48. The van der Waals surface area contributed by atoms with Gasteiger partial charge in [0.2, 0.25) is 0 Å². The van der Waals surface area contributed by atoms with Gasteiger partial charge in [-0.25, -0.2) is 4.98 Å². The third kappa shape index (κ3) is 2.35. The summed E-state index contributed by atoms with van der Waals surface area (Å²) in [5.41, 5.74) is 5.29. The Bertz CT molecular complexity index is 349. The zero-order valence-electron chi connectivity index (χ0n) is 7.32. The summed E-state index contributed by atoms with van der Waals surface area (Å²) in [6, 6.07) is 0.995. The van der Waals surface area contributed by atoms with Crippen molar-refractivity contribution in [3.8, 4) is 0 Å². The third-order valence-corrected chi connectivity index (χ3v) is 3.18. The van der Waals surface area contributed by atoms with Gasteiger partial charge >= 0.3 is 6.18 Å². The van der Waals surface area contributed by atoms with E-state index in [4.69, 9.17) is 5.73 Å². The van der Waals surface area contributed by atoms with E-state index in [1.165, 1.54) is 6.92 Å². The Hall–Kier alpha value is -0.370. The number of nitrogens with zero attached hydrogens (tertiary/aromatic N) is 1. The standard InChI is InChI=1S/C8H8F3IN2/c1-4-7(12)5(3-13)2-6(14-4)8(9,10)11/h2H,3,13H2,1H3. The van der Waals surface area contributed by atoms with Crippen LogP contribution >= 0.6 is 22.6 Å². The first-order chi connectivity index (χ1) is 6.36. The number of hydrogen-bond donors (Lipinski definition) is 1. The molecule has 0 radical (unpaired) electrons. The molecule has 2 nitrogen and oxygen atoms in total. The molecule has 0 atom stereocenters. The maximum Gasteiger partial charge on any atom is 0.433 e. The maximum absolute atomic E-state index is 12.3. The highest BCUT2D eigenvalue weighted by molar-refractivity contribution is 14.1. The minimum Gasteiger partial charge on any atom is -0.326 e. The van der Waals surface area contributed by atoms with Gasteiger partial charge in [0, 0.05) is 10.1 Å². The molecule has 0 bridgehead atoms. The molecule has 0 saturated heterocycles. The highest BCUT2D eigenvalue weighted by Gasteiger charge is 2.33. The van der Waals surface area contributed by atoms with Crippen LogP contribution in [0, 0.1) is 10.5 Å². The highest BCUT2D eigenvalue weighted by Crippen LogP contribution is 2.30. The summed E-state index contributed by atoms with van der Waals surface area (Å²) in [6.45, 7) is 1.63. The molecule has 1 heterocycles. The fourth-order valence-electron chi connectivity index (χ4n) is 1.02. The van der Waals surface area contributed by atoms with Gasteiger partial charge in [-0.1, -0.05) is 0 Å². The zero-order chi connectivity index (χ0) is 10.9. The van der Waals surface area contributed by atoms with Crippen molar-refractivity contribution in [3.63, 3.8) is 0 Å². The van der Waals surface area contributed by atoms with Crippen molar-refractivity contribution < 1.29 is 13.2 Å². The van der Waals surface area contributed by atoms with Crippen LogP contribution in [0.3, 0.4) is 0 Å². The van der Waals surface area contributed by atoms with Crippen LogP contribution in [0.4, 0.5) is 13.2 Å². The summed E-state index contributed by atoms with van der Waals surface area (Å²) < 4.78 is 37.6. The van der Waals surface area contributed by atoms with E-state index in [9.17, 15) is 13.2 Å². The maximum atomic E-state index is 12.3. The Morgan fingerprint density at radius 1 is 1.50 bits per heavy atom. The molecule has 78 valence electrons. The van der Waals surface area contributed by atoms with Gasteiger partial charge in [-0.2, -0.15) is 13.2 Å². The minimum atomic E-state index is -4.40. The molecular formula is C8H8F3IN2. The van der Waals surface area contributed by atoms with Gasteiger partial charge < -0.3 is 5.73 Å². The molecule has 0 aliphatic carbocycles. The Morgan fingerprint density at radius 2 is 2.07 bits per heavy atom. The van der Waals surface area contributed by atoms with Gasteiger partial charge in [0.1, 0.15) is 5.69 Å². The van der Waals surface area contributed by atoms with Crippen LogP contribution in [0.1, 0.15) is 17.0 Å². The largest absolute Gasteiger partial charge is 0.433 e. The van der Waals surface area contributed by atoms with Crippen molar-refractivity contribution in [2.75, 3.05) is 0 Å². The summed E-state index contributed by atoms with van der Waals surface area (Å²) in [4.78, 5) is 3.46. The first-order valence-corrected chi connectivity index (χ1v) is 4.87. The quantitative estimate of drug-likeness (QED) is 0.809. The van der Waals surface area contributed by atoms with Gasteiger partial charge in [-0.05, 0) is 41.1 Å². The van der Waals surface area contributed by atoms with Crippen molar-refractivity contribution in [2.45, 2.75) is 19.6 Å². The molecule has 1 rings (SSSR count). The van der Waals surface area contributed by atoms with Gasteiger partial charge in [0.15, 0.2) is 0 Å². The average molecular weight is 316 g/mol. The SMILES string of the molecule is Cc1nc(C(F)(F)F)cc(CN)c1I. The lowest BCUT2D eigenvalue weighted by Crippen LogP contribution is -2.12. The second kappa shape index (κ2) is 4.01. The minimum absolute atomic E-state index is 0.0880. The Morgan fingerprint density at radius 3 is 2.50 bits per heavy atom. The number of aromatic nitrogens is 1. The first-order valence-electron chi connectivity index (χ1n) is 3.79. The number of pyridine rings is 1. The summed E-state index contributed by atoms with van der Waals surface area (Å²) in [7, 11) is 0. The summed E-state index contributed by atoms with van der Waals surface area (Å²) >= 11 is 1.94. The topological polar surface area (TPSA) is 38.9 Å². The number of halogens is 4. The molecule has 0 spiro atoms. The lowest BCUT2D eigenvalue weighted by molar-refractivity contribution is -0.141. The molecule has 0 fully saturated rings. The van der Waals surface area contributed by atoms with Gasteiger partial charge in [0.05, 0.1) is 5.69 Å². The molecule has 0 unspecified atom stereocenters. The second-order valence-electron chi connectivity index (χ2n) is 2.77. The summed E-state index contributed by atoms with van der Waals surface area (Å²) in [5, 5.41) is 0. The summed E-state index contributed by atoms with van der Waals surface area (Å²) in [5.74, 6) is 0. The molecule has 0 saturated carbocycles. The second-order valence-corrected chi connectivity index (χ2v) is 3.85. The first kappa shape index (κ1) is 11.7. The van der Waals surface area contributed by atoms with Crippen molar-refractivity contribution >= 4 is 22.6 Å². The number of rotatable bonds is 1. The van der Waals surface area contributed by atoms with Crippen LogP contribution in [0.15, 0.2) is 6.07 Å². The Kier molecular flexibility index (Phi) is 3.36. The van der Waals surface area contributed by atoms with E-state index in [1.54, 1.807) is 0 Å². The molecule has 6 heteroatoms. The molecule has 1 aromatic heterocycles. The Labute approximate surface area is 92.8 Å². The number of alkyl halides is 3. The Balaban J connectivity index is 3.30. The molecule has 0 amide bonds. The van der Waals surface area contributed by atoms with Crippen molar-refractivity contribution in [2.24, 2.45) is 5.73 Å². The molecule has 2 N–H and O–H groups in total. The summed E-state index contributed by atoms with van der Waals surface area (Å²) in [6.07, 6.45) is -4.40.